The van der Waals surface area contributed by atoms with Gasteiger partial charge in [-0.3, -0.25) is 0 Å². The smallest absolute Gasteiger partial charge is 0.0197 e. The van der Waals surface area contributed by atoms with Crippen molar-refractivity contribution in [2.24, 2.45) is 5.92 Å². The van der Waals surface area contributed by atoms with Crippen molar-refractivity contribution in [3.05, 3.63) is 0 Å². The zero-order valence-corrected chi connectivity index (χ0v) is 11.3. The number of nitrogens with zero attached hydrogens (tertiary/aromatic N) is 1. The molecule has 3 aliphatic rings. The number of hydrogen-bond acceptors (Lipinski definition) is 2. The highest BCUT2D eigenvalue weighted by atomic mass is 15.2. The Kier molecular flexibility index (Phi) is 3.72. The summed E-state index contributed by atoms with van der Waals surface area (Å²) in [4.78, 5) is 2.62. The quantitative estimate of drug-likeness (QED) is 0.810. The molecule has 0 amide bonds. The molecule has 0 spiro atoms. The monoisotopic (exact) mass is 236 g/mol. The topological polar surface area (TPSA) is 15.3 Å². The third-order valence-electron chi connectivity index (χ3n) is 5.45. The van der Waals surface area contributed by atoms with Crippen molar-refractivity contribution >= 4 is 0 Å². The molecular weight excluding hydrogens is 208 g/mol. The van der Waals surface area contributed by atoms with Gasteiger partial charge in [0.05, 0.1) is 0 Å². The van der Waals surface area contributed by atoms with E-state index in [2.05, 4.69) is 17.3 Å². The summed E-state index contributed by atoms with van der Waals surface area (Å²) in [6.07, 6.45) is 13.1. The van der Waals surface area contributed by atoms with Crippen LogP contribution in [0.4, 0.5) is 0 Å². The van der Waals surface area contributed by atoms with Crippen molar-refractivity contribution in [3.63, 3.8) is 0 Å². The predicted octanol–water partition coefficient (Wildman–Crippen LogP) is 2.78. The third-order valence-corrected chi connectivity index (χ3v) is 5.45. The van der Waals surface area contributed by atoms with Gasteiger partial charge in [0, 0.05) is 24.7 Å². The van der Waals surface area contributed by atoms with Gasteiger partial charge in [-0.15, -0.1) is 0 Å². The molecular formula is C15H28N2. The Bertz CT molecular complexity index is 247. The van der Waals surface area contributed by atoms with Gasteiger partial charge in [-0.1, -0.05) is 19.3 Å². The van der Waals surface area contributed by atoms with Gasteiger partial charge in [0.2, 0.25) is 0 Å². The van der Waals surface area contributed by atoms with Gasteiger partial charge in [-0.25, -0.2) is 0 Å². The van der Waals surface area contributed by atoms with E-state index in [1.165, 1.54) is 64.3 Å². The SMILES string of the molecule is CN(CC1CCC2CCCCC2N1)C1CCC1. The second-order valence-electron chi connectivity index (χ2n) is 6.62. The van der Waals surface area contributed by atoms with Crippen molar-refractivity contribution in [1.29, 1.82) is 0 Å². The standard InChI is InChI=1S/C15H28N2/c1-17(14-6-4-7-14)11-13-10-9-12-5-2-3-8-15(12)16-13/h12-16H,2-11H2,1H3. The predicted molar refractivity (Wildman–Crippen MR) is 72.2 cm³/mol. The minimum Gasteiger partial charge on any atom is -0.310 e. The average Bonchev–Trinajstić information content (AvgIpc) is 2.26. The first-order chi connectivity index (χ1) is 8.33. The van der Waals surface area contributed by atoms with Gasteiger partial charge < -0.3 is 10.2 Å². The Hall–Kier alpha value is -0.0800. The Balaban J connectivity index is 1.48. The molecule has 3 unspecified atom stereocenters. The highest BCUT2D eigenvalue weighted by Gasteiger charge is 2.33. The average molecular weight is 236 g/mol. The number of piperidine rings is 1. The maximum atomic E-state index is 3.95. The maximum absolute atomic E-state index is 3.95. The lowest BCUT2D eigenvalue weighted by Gasteiger charge is -2.43. The van der Waals surface area contributed by atoms with Gasteiger partial charge in [0.1, 0.15) is 0 Å². The van der Waals surface area contributed by atoms with Crippen LogP contribution in [0.3, 0.4) is 0 Å². The first kappa shape index (κ1) is 12.0. The van der Waals surface area contributed by atoms with Gasteiger partial charge in [0.15, 0.2) is 0 Å². The molecule has 3 rings (SSSR count). The second-order valence-corrected chi connectivity index (χ2v) is 6.62. The summed E-state index contributed by atoms with van der Waals surface area (Å²) >= 11 is 0. The van der Waals surface area contributed by atoms with Crippen LogP contribution in [0.5, 0.6) is 0 Å². The van der Waals surface area contributed by atoms with Crippen molar-refractivity contribution in [2.45, 2.75) is 75.9 Å². The van der Waals surface area contributed by atoms with E-state index in [1.54, 1.807) is 0 Å². The molecule has 3 atom stereocenters. The molecule has 3 fully saturated rings. The van der Waals surface area contributed by atoms with E-state index >= 15 is 0 Å². The molecule has 0 aromatic heterocycles. The molecule has 1 heterocycles. The largest absolute Gasteiger partial charge is 0.310 e. The van der Waals surface area contributed by atoms with Crippen molar-refractivity contribution in [3.8, 4) is 0 Å². The van der Waals surface area contributed by atoms with E-state index in [0.29, 0.717) is 0 Å². The van der Waals surface area contributed by atoms with Crippen LogP contribution in [0.2, 0.25) is 0 Å². The Morgan fingerprint density at radius 1 is 0.941 bits per heavy atom. The summed E-state index contributed by atoms with van der Waals surface area (Å²) in [5, 5.41) is 3.95. The van der Waals surface area contributed by atoms with Crippen LogP contribution >= 0.6 is 0 Å². The van der Waals surface area contributed by atoms with Crippen LogP contribution < -0.4 is 5.32 Å². The molecule has 0 radical (unpaired) electrons. The Morgan fingerprint density at radius 2 is 1.76 bits per heavy atom. The lowest BCUT2D eigenvalue weighted by Crippen LogP contribution is -2.54. The highest BCUT2D eigenvalue weighted by molar-refractivity contribution is 4.91. The van der Waals surface area contributed by atoms with Gasteiger partial charge in [-0.05, 0) is 51.5 Å². The fourth-order valence-corrected chi connectivity index (χ4v) is 4.04. The highest BCUT2D eigenvalue weighted by Crippen LogP contribution is 2.33. The van der Waals surface area contributed by atoms with E-state index in [-0.39, 0.29) is 0 Å². The van der Waals surface area contributed by atoms with Crippen LogP contribution in [0.25, 0.3) is 0 Å². The molecule has 0 aromatic rings. The Morgan fingerprint density at radius 3 is 2.53 bits per heavy atom. The fraction of sp³-hybridized carbons (Fsp3) is 1.00. The molecule has 2 heteroatoms. The van der Waals surface area contributed by atoms with E-state index in [9.17, 15) is 0 Å². The molecule has 0 aromatic carbocycles. The number of likely N-dealkylation sites (N-methyl/N-ethyl adjacent to an activating group) is 1. The van der Waals surface area contributed by atoms with E-state index < -0.39 is 0 Å². The molecule has 17 heavy (non-hydrogen) atoms. The van der Waals surface area contributed by atoms with Gasteiger partial charge in [-0.2, -0.15) is 0 Å². The second kappa shape index (κ2) is 5.27. The Labute approximate surface area is 106 Å². The summed E-state index contributed by atoms with van der Waals surface area (Å²) in [5.74, 6) is 1.01. The van der Waals surface area contributed by atoms with Crippen LogP contribution in [-0.2, 0) is 0 Å². The molecule has 2 nitrogen and oxygen atoms in total. The van der Waals surface area contributed by atoms with Crippen LogP contribution in [0, 0.1) is 5.92 Å². The van der Waals surface area contributed by atoms with Crippen molar-refractivity contribution in [2.75, 3.05) is 13.6 Å². The first-order valence-electron chi connectivity index (χ1n) is 7.79. The first-order valence-corrected chi connectivity index (χ1v) is 7.79. The molecule has 1 N–H and O–H groups in total. The van der Waals surface area contributed by atoms with Crippen LogP contribution in [0.15, 0.2) is 0 Å². The summed E-state index contributed by atoms with van der Waals surface area (Å²) in [5.41, 5.74) is 0. The summed E-state index contributed by atoms with van der Waals surface area (Å²) in [6.45, 7) is 1.29. The molecule has 1 aliphatic heterocycles. The van der Waals surface area contributed by atoms with E-state index in [1.807, 2.05) is 0 Å². The zero-order chi connectivity index (χ0) is 11.7. The van der Waals surface area contributed by atoms with Gasteiger partial charge in [0.25, 0.3) is 0 Å². The lowest BCUT2D eigenvalue weighted by atomic mass is 9.77. The fourth-order valence-electron chi connectivity index (χ4n) is 4.04. The van der Waals surface area contributed by atoms with Crippen molar-refractivity contribution < 1.29 is 0 Å². The normalized spacial score (nSPS) is 38.8. The number of nitrogens with one attached hydrogen (secondary N) is 1. The molecule has 2 saturated carbocycles. The summed E-state index contributed by atoms with van der Waals surface area (Å²) in [6, 6.07) is 2.54. The maximum Gasteiger partial charge on any atom is 0.0197 e. The lowest BCUT2D eigenvalue weighted by molar-refractivity contribution is 0.109. The molecule has 0 bridgehead atoms. The summed E-state index contributed by atoms with van der Waals surface area (Å²) in [7, 11) is 2.33. The minimum absolute atomic E-state index is 0.778. The third kappa shape index (κ3) is 2.68. The molecule has 2 aliphatic carbocycles. The summed E-state index contributed by atoms with van der Waals surface area (Å²) < 4.78 is 0. The minimum atomic E-state index is 0.778. The van der Waals surface area contributed by atoms with Crippen LogP contribution in [-0.4, -0.2) is 36.6 Å². The zero-order valence-electron chi connectivity index (χ0n) is 11.3. The molecule has 1 saturated heterocycles. The van der Waals surface area contributed by atoms with Gasteiger partial charge >= 0.3 is 0 Å². The number of rotatable bonds is 3. The van der Waals surface area contributed by atoms with E-state index in [0.717, 1.165) is 24.0 Å². The number of fused-ring (bicyclic) bond motifs is 1. The van der Waals surface area contributed by atoms with E-state index in [4.69, 9.17) is 0 Å². The van der Waals surface area contributed by atoms with Crippen LogP contribution in [0.1, 0.15) is 57.8 Å². The number of hydrogen-bond donors (Lipinski definition) is 1. The van der Waals surface area contributed by atoms with Crippen molar-refractivity contribution in [1.82, 2.24) is 10.2 Å². The molecule has 98 valence electrons.